The second-order valence-electron chi connectivity index (χ2n) is 5.34. The summed E-state index contributed by atoms with van der Waals surface area (Å²) >= 11 is 1.93. The highest BCUT2D eigenvalue weighted by atomic mass is 32.2. The van der Waals surface area contributed by atoms with Crippen LogP contribution < -0.4 is 5.32 Å². The summed E-state index contributed by atoms with van der Waals surface area (Å²) in [6.45, 7) is 7.53. The molecule has 2 aromatic carbocycles. The Morgan fingerprint density at radius 1 is 1.05 bits per heavy atom. The predicted octanol–water partition coefficient (Wildman–Crippen LogP) is 5.00. The Labute approximate surface area is 133 Å². The molecule has 0 aliphatic carbocycles. The molecule has 0 radical (unpaired) electrons. The lowest BCUT2D eigenvalue weighted by Crippen LogP contribution is -2.23. The molecular formula is C19H25NS. The quantitative estimate of drug-likeness (QED) is 0.722. The third-order valence-electron chi connectivity index (χ3n) is 3.62. The minimum atomic E-state index is 0.409. The van der Waals surface area contributed by atoms with E-state index in [9.17, 15) is 0 Å². The lowest BCUT2D eigenvalue weighted by Gasteiger charge is -2.19. The molecule has 0 heterocycles. The Kier molecular flexibility index (Phi) is 6.34. The van der Waals surface area contributed by atoms with Gasteiger partial charge in [0.25, 0.3) is 0 Å². The Balaban J connectivity index is 2.07. The van der Waals surface area contributed by atoms with E-state index in [4.69, 9.17) is 0 Å². The summed E-state index contributed by atoms with van der Waals surface area (Å²) < 4.78 is 0. The smallest absolute Gasteiger partial charge is 0.0415 e. The summed E-state index contributed by atoms with van der Waals surface area (Å²) in [6, 6.07) is 18.1. The van der Waals surface area contributed by atoms with Crippen LogP contribution in [0.5, 0.6) is 0 Å². The van der Waals surface area contributed by atoms with Crippen LogP contribution in [0.25, 0.3) is 0 Å². The van der Waals surface area contributed by atoms with Crippen LogP contribution in [-0.2, 0) is 6.42 Å². The Morgan fingerprint density at radius 3 is 2.57 bits per heavy atom. The van der Waals surface area contributed by atoms with E-state index in [1.807, 2.05) is 11.8 Å². The van der Waals surface area contributed by atoms with Crippen molar-refractivity contribution in [2.45, 2.75) is 38.1 Å². The largest absolute Gasteiger partial charge is 0.309 e. The molecule has 0 aliphatic heterocycles. The number of nitrogens with one attached hydrogen (secondary N) is 1. The first-order valence-electron chi connectivity index (χ1n) is 7.74. The summed E-state index contributed by atoms with van der Waals surface area (Å²) in [5.41, 5.74) is 4.14. The highest BCUT2D eigenvalue weighted by Gasteiger charge is 2.11. The van der Waals surface area contributed by atoms with Crippen LogP contribution in [0.15, 0.2) is 53.4 Å². The number of hydrogen-bond acceptors (Lipinski definition) is 2. The third kappa shape index (κ3) is 4.90. The summed E-state index contributed by atoms with van der Waals surface area (Å²) in [6.07, 6.45) is 1.09. The van der Waals surface area contributed by atoms with Gasteiger partial charge in [-0.3, -0.25) is 0 Å². The highest BCUT2D eigenvalue weighted by molar-refractivity contribution is 7.99. The molecule has 2 aromatic rings. The molecule has 2 heteroatoms. The van der Waals surface area contributed by atoms with Gasteiger partial charge in [0.15, 0.2) is 0 Å². The zero-order chi connectivity index (χ0) is 15.1. The molecule has 0 fully saturated rings. The van der Waals surface area contributed by atoms with Crippen molar-refractivity contribution in [3.63, 3.8) is 0 Å². The van der Waals surface area contributed by atoms with Crippen molar-refractivity contribution in [3.05, 3.63) is 65.2 Å². The molecule has 1 atom stereocenters. The molecule has 1 N–H and O–H groups in total. The molecule has 0 aromatic heterocycles. The minimum absolute atomic E-state index is 0.409. The van der Waals surface area contributed by atoms with Crippen molar-refractivity contribution in [3.8, 4) is 0 Å². The molecular weight excluding hydrogens is 274 g/mol. The zero-order valence-electron chi connectivity index (χ0n) is 13.2. The highest BCUT2D eigenvalue weighted by Crippen LogP contribution is 2.26. The summed E-state index contributed by atoms with van der Waals surface area (Å²) in [7, 11) is 0. The van der Waals surface area contributed by atoms with Gasteiger partial charge in [-0.05, 0) is 43.1 Å². The number of hydrogen-bond donors (Lipinski definition) is 1. The minimum Gasteiger partial charge on any atom is -0.309 e. The lowest BCUT2D eigenvalue weighted by molar-refractivity contribution is 0.605. The molecule has 21 heavy (non-hydrogen) atoms. The summed E-state index contributed by atoms with van der Waals surface area (Å²) in [5.74, 6) is 1.06. The average Bonchev–Trinajstić information content (AvgIpc) is 2.51. The molecule has 112 valence electrons. The Bertz CT molecular complexity index is 565. The third-order valence-corrected chi connectivity index (χ3v) is 4.71. The molecule has 1 unspecified atom stereocenters. The predicted molar refractivity (Wildman–Crippen MR) is 94.1 cm³/mol. The van der Waals surface area contributed by atoms with Gasteiger partial charge in [0, 0.05) is 16.7 Å². The van der Waals surface area contributed by atoms with Crippen molar-refractivity contribution in [1.29, 1.82) is 0 Å². The van der Waals surface area contributed by atoms with Crippen LogP contribution in [0.3, 0.4) is 0 Å². The number of benzene rings is 2. The van der Waals surface area contributed by atoms with Gasteiger partial charge in [-0.25, -0.2) is 0 Å². The molecule has 0 spiro atoms. The second-order valence-corrected chi connectivity index (χ2v) is 6.43. The fourth-order valence-corrected chi connectivity index (χ4v) is 3.55. The van der Waals surface area contributed by atoms with Crippen LogP contribution in [0.4, 0.5) is 0 Å². The van der Waals surface area contributed by atoms with Gasteiger partial charge in [0.2, 0.25) is 0 Å². The zero-order valence-corrected chi connectivity index (χ0v) is 14.0. The summed E-state index contributed by atoms with van der Waals surface area (Å²) in [4.78, 5) is 1.35. The second kappa shape index (κ2) is 8.26. The fourth-order valence-electron chi connectivity index (χ4n) is 2.43. The summed E-state index contributed by atoms with van der Waals surface area (Å²) in [5, 5.41) is 3.61. The maximum absolute atomic E-state index is 3.61. The first kappa shape index (κ1) is 16.1. The van der Waals surface area contributed by atoms with Gasteiger partial charge in [0.05, 0.1) is 0 Å². The normalized spacial score (nSPS) is 12.3. The molecule has 0 amide bonds. The Morgan fingerprint density at radius 2 is 1.86 bits per heavy atom. The van der Waals surface area contributed by atoms with Crippen LogP contribution in [0, 0.1) is 6.92 Å². The van der Waals surface area contributed by atoms with E-state index in [1.54, 1.807) is 0 Å². The maximum Gasteiger partial charge on any atom is 0.0415 e. The fraction of sp³-hybridized carbons (Fsp3) is 0.368. The van der Waals surface area contributed by atoms with E-state index in [0.717, 1.165) is 18.7 Å². The molecule has 0 bridgehead atoms. The van der Waals surface area contributed by atoms with Gasteiger partial charge in [-0.1, -0.05) is 55.8 Å². The van der Waals surface area contributed by atoms with Gasteiger partial charge < -0.3 is 5.32 Å². The van der Waals surface area contributed by atoms with Crippen molar-refractivity contribution in [2.75, 3.05) is 12.3 Å². The SMILES string of the molecule is CCNC(CSc1cccc(C)c1)c1cccc(CC)c1. The van der Waals surface area contributed by atoms with Gasteiger partial charge in [-0.2, -0.15) is 0 Å². The maximum atomic E-state index is 3.61. The van der Waals surface area contributed by atoms with Gasteiger partial charge in [-0.15, -0.1) is 11.8 Å². The molecule has 0 aliphatic rings. The van der Waals surface area contributed by atoms with Crippen LogP contribution in [0.1, 0.15) is 36.6 Å². The standard InChI is InChI=1S/C19H25NS/c1-4-16-9-7-10-17(13-16)19(20-5-2)14-21-18-11-6-8-15(3)12-18/h6-13,19-20H,4-5,14H2,1-3H3. The first-order chi connectivity index (χ1) is 10.2. The van der Waals surface area contributed by atoms with Crippen molar-refractivity contribution >= 4 is 11.8 Å². The van der Waals surface area contributed by atoms with E-state index in [1.165, 1.54) is 21.6 Å². The molecule has 0 saturated heterocycles. The van der Waals surface area contributed by atoms with Crippen LogP contribution in [-0.4, -0.2) is 12.3 Å². The molecule has 0 saturated carbocycles. The topological polar surface area (TPSA) is 12.0 Å². The van der Waals surface area contributed by atoms with Crippen LogP contribution in [0.2, 0.25) is 0 Å². The van der Waals surface area contributed by atoms with E-state index >= 15 is 0 Å². The van der Waals surface area contributed by atoms with E-state index in [-0.39, 0.29) is 0 Å². The van der Waals surface area contributed by atoms with Gasteiger partial charge >= 0.3 is 0 Å². The van der Waals surface area contributed by atoms with Crippen molar-refractivity contribution in [1.82, 2.24) is 5.32 Å². The lowest BCUT2D eigenvalue weighted by atomic mass is 10.0. The van der Waals surface area contributed by atoms with Crippen molar-refractivity contribution < 1.29 is 0 Å². The van der Waals surface area contributed by atoms with E-state index < -0.39 is 0 Å². The first-order valence-corrected chi connectivity index (χ1v) is 8.73. The van der Waals surface area contributed by atoms with E-state index in [2.05, 4.69) is 74.6 Å². The monoisotopic (exact) mass is 299 g/mol. The van der Waals surface area contributed by atoms with Crippen LogP contribution >= 0.6 is 11.8 Å². The molecule has 2 rings (SSSR count). The number of thioether (sulfide) groups is 1. The van der Waals surface area contributed by atoms with Crippen molar-refractivity contribution in [2.24, 2.45) is 0 Å². The van der Waals surface area contributed by atoms with Gasteiger partial charge in [0.1, 0.15) is 0 Å². The Hall–Kier alpha value is -1.25. The number of rotatable bonds is 7. The van der Waals surface area contributed by atoms with E-state index in [0.29, 0.717) is 6.04 Å². The molecule has 1 nitrogen and oxygen atoms in total. The number of aryl methyl sites for hydroxylation is 2. The average molecular weight is 299 g/mol.